The Morgan fingerprint density at radius 3 is 2.52 bits per heavy atom. The number of benzene rings is 1. The summed E-state index contributed by atoms with van der Waals surface area (Å²) >= 11 is 5.83. The van der Waals surface area contributed by atoms with Gasteiger partial charge in [-0.15, -0.1) is 0 Å². The fourth-order valence-electron chi connectivity index (χ4n) is 1.78. The summed E-state index contributed by atoms with van der Waals surface area (Å²) in [5.41, 5.74) is 0.981. The van der Waals surface area contributed by atoms with Gasteiger partial charge in [-0.05, 0) is 17.7 Å². The molecule has 1 aromatic rings. The van der Waals surface area contributed by atoms with Crippen molar-refractivity contribution in [2.45, 2.75) is 19.9 Å². The van der Waals surface area contributed by atoms with Gasteiger partial charge in [0.15, 0.2) is 0 Å². The first-order valence-corrected chi connectivity index (χ1v) is 7.16. The molecular formula is C15H21ClN2O3. The molecule has 116 valence electrons. The predicted octanol–water partition coefficient (Wildman–Crippen LogP) is 1.84. The van der Waals surface area contributed by atoms with Gasteiger partial charge in [-0.3, -0.25) is 9.59 Å². The van der Waals surface area contributed by atoms with Gasteiger partial charge in [-0.2, -0.15) is 0 Å². The molecule has 0 bridgehead atoms. The van der Waals surface area contributed by atoms with Crippen LogP contribution in [0, 0.1) is 0 Å². The molecule has 0 saturated carbocycles. The summed E-state index contributed by atoms with van der Waals surface area (Å²) in [4.78, 5) is 24.9. The Labute approximate surface area is 130 Å². The van der Waals surface area contributed by atoms with Crippen LogP contribution in [0.25, 0.3) is 0 Å². The summed E-state index contributed by atoms with van der Waals surface area (Å²) in [5, 5.41) is 3.39. The molecule has 0 aliphatic carbocycles. The quantitative estimate of drug-likeness (QED) is 0.745. The van der Waals surface area contributed by atoms with Crippen molar-refractivity contribution in [2.75, 3.05) is 26.8 Å². The van der Waals surface area contributed by atoms with Gasteiger partial charge in [0, 0.05) is 45.1 Å². The molecule has 0 atom stereocenters. The topological polar surface area (TPSA) is 58.6 Å². The Kier molecular flexibility index (Phi) is 7.79. The second-order valence-corrected chi connectivity index (χ2v) is 5.10. The maximum absolute atomic E-state index is 11.6. The maximum Gasteiger partial charge on any atom is 0.221 e. The zero-order valence-electron chi connectivity index (χ0n) is 12.4. The molecule has 0 radical (unpaired) electrons. The van der Waals surface area contributed by atoms with E-state index in [1.54, 1.807) is 24.1 Å². The van der Waals surface area contributed by atoms with E-state index in [0.29, 0.717) is 31.3 Å². The molecule has 0 aliphatic rings. The van der Waals surface area contributed by atoms with E-state index in [4.69, 9.17) is 16.3 Å². The number of nitrogens with one attached hydrogen (secondary N) is 1. The van der Waals surface area contributed by atoms with Crippen LogP contribution < -0.4 is 5.32 Å². The first-order chi connectivity index (χ1) is 10.0. The number of halogens is 1. The third-order valence-electron chi connectivity index (χ3n) is 2.97. The summed E-state index contributed by atoms with van der Waals surface area (Å²) < 4.78 is 4.85. The van der Waals surface area contributed by atoms with Crippen LogP contribution in [0.4, 0.5) is 0 Å². The normalized spacial score (nSPS) is 10.2. The minimum atomic E-state index is -0.0885. The van der Waals surface area contributed by atoms with Crippen molar-refractivity contribution >= 4 is 23.4 Å². The van der Waals surface area contributed by atoms with Crippen LogP contribution in [-0.2, 0) is 20.9 Å². The van der Waals surface area contributed by atoms with Crippen molar-refractivity contribution < 1.29 is 14.3 Å². The van der Waals surface area contributed by atoms with Gasteiger partial charge in [0.05, 0.1) is 6.61 Å². The fraction of sp³-hybridized carbons (Fsp3) is 0.467. The summed E-state index contributed by atoms with van der Waals surface area (Å²) in [7, 11) is 1.58. The second kappa shape index (κ2) is 9.37. The summed E-state index contributed by atoms with van der Waals surface area (Å²) in [6.07, 6.45) is 0.275. The highest BCUT2D eigenvalue weighted by molar-refractivity contribution is 6.30. The van der Waals surface area contributed by atoms with Crippen molar-refractivity contribution in [2.24, 2.45) is 0 Å². The first-order valence-electron chi connectivity index (χ1n) is 6.78. The third-order valence-corrected chi connectivity index (χ3v) is 3.22. The molecule has 0 fully saturated rings. The van der Waals surface area contributed by atoms with E-state index < -0.39 is 0 Å². The highest BCUT2D eigenvalue weighted by Crippen LogP contribution is 2.11. The monoisotopic (exact) mass is 312 g/mol. The number of nitrogens with zero attached hydrogens (tertiary/aromatic N) is 1. The molecule has 0 saturated heterocycles. The van der Waals surface area contributed by atoms with Gasteiger partial charge in [0.2, 0.25) is 11.8 Å². The van der Waals surface area contributed by atoms with Gasteiger partial charge in [0.25, 0.3) is 0 Å². The van der Waals surface area contributed by atoms with Gasteiger partial charge >= 0.3 is 0 Å². The van der Waals surface area contributed by atoms with Crippen LogP contribution in [0.5, 0.6) is 0 Å². The molecule has 0 aromatic heterocycles. The lowest BCUT2D eigenvalue weighted by Gasteiger charge is -2.21. The fourth-order valence-corrected chi connectivity index (χ4v) is 1.90. The molecule has 6 heteroatoms. The Bertz CT molecular complexity index is 462. The van der Waals surface area contributed by atoms with E-state index in [9.17, 15) is 9.59 Å². The summed E-state index contributed by atoms with van der Waals surface area (Å²) in [6.45, 7) is 3.31. The van der Waals surface area contributed by atoms with Crippen molar-refractivity contribution in [1.29, 1.82) is 0 Å². The molecular weight excluding hydrogens is 292 g/mol. The van der Waals surface area contributed by atoms with Crippen LogP contribution in [-0.4, -0.2) is 43.5 Å². The van der Waals surface area contributed by atoms with Crippen molar-refractivity contribution in [3.05, 3.63) is 34.9 Å². The summed E-state index contributed by atoms with van der Waals surface area (Å²) in [5.74, 6) is -0.149. The summed E-state index contributed by atoms with van der Waals surface area (Å²) in [6, 6.07) is 7.31. The number of hydrogen-bond donors (Lipinski definition) is 1. The van der Waals surface area contributed by atoms with E-state index in [-0.39, 0.29) is 18.2 Å². The molecule has 21 heavy (non-hydrogen) atoms. The van der Waals surface area contributed by atoms with E-state index in [1.165, 1.54) is 6.92 Å². The standard InChI is InChI=1S/C15H21ClN2O3/c1-12(19)18(9-7-15(20)17-8-10-21-2)11-13-3-5-14(16)6-4-13/h3-6H,7-11H2,1-2H3,(H,17,20). The molecule has 1 N–H and O–H groups in total. The van der Waals surface area contributed by atoms with E-state index in [2.05, 4.69) is 5.32 Å². The van der Waals surface area contributed by atoms with Crippen LogP contribution in [0.2, 0.25) is 5.02 Å². The zero-order chi connectivity index (χ0) is 15.7. The van der Waals surface area contributed by atoms with E-state index in [0.717, 1.165) is 5.56 Å². The van der Waals surface area contributed by atoms with Gasteiger partial charge in [-0.25, -0.2) is 0 Å². The number of ether oxygens (including phenoxy) is 1. The zero-order valence-corrected chi connectivity index (χ0v) is 13.2. The number of rotatable bonds is 8. The molecule has 5 nitrogen and oxygen atoms in total. The van der Waals surface area contributed by atoms with Gasteiger partial charge < -0.3 is 15.0 Å². The highest BCUT2D eigenvalue weighted by atomic mass is 35.5. The van der Waals surface area contributed by atoms with Crippen LogP contribution in [0.3, 0.4) is 0 Å². The molecule has 2 amide bonds. The molecule has 1 rings (SSSR count). The minimum Gasteiger partial charge on any atom is -0.383 e. The van der Waals surface area contributed by atoms with Crippen LogP contribution in [0.1, 0.15) is 18.9 Å². The van der Waals surface area contributed by atoms with Crippen molar-refractivity contribution in [3.63, 3.8) is 0 Å². The molecule has 0 aliphatic heterocycles. The Morgan fingerprint density at radius 2 is 1.95 bits per heavy atom. The SMILES string of the molecule is COCCNC(=O)CCN(Cc1ccc(Cl)cc1)C(C)=O. The molecule has 0 unspecified atom stereocenters. The lowest BCUT2D eigenvalue weighted by atomic mass is 10.2. The second-order valence-electron chi connectivity index (χ2n) is 4.66. The Morgan fingerprint density at radius 1 is 1.29 bits per heavy atom. The number of carbonyl (C=O) groups excluding carboxylic acids is 2. The van der Waals surface area contributed by atoms with Gasteiger partial charge in [-0.1, -0.05) is 23.7 Å². The Balaban J connectivity index is 2.45. The Hall–Kier alpha value is -1.59. The average molecular weight is 313 g/mol. The minimum absolute atomic E-state index is 0.0605. The van der Waals surface area contributed by atoms with Crippen LogP contribution >= 0.6 is 11.6 Å². The van der Waals surface area contributed by atoms with Gasteiger partial charge in [0.1, 0.15) is 0 Å². The smallest absolute Gasteiger partial charge is 0.221 e. The van der Waals surface area contributed by atoms with Crippen molar-refractivity contribution in [3.8, 4) is 0 Å². The average Bonchev–Trinajstić information content (AvgIpc) is 2.45. The third kappa shape index (κ3) is 7.11. The molecule has 0 spiro atoms. The lowest BCUT2D eigenvalue weighted by Crippen LogP contribution is -2.34. The number of carbonyl (C=O) groups is 2. The number of methoxy groups -OCH3 is 1. The number of hydrogen-bond acceptors (Lipinski definition) is 3. The predicted molar refractivity (Wildman–Crippen MR) is 82.0 cm³/mol. The first kappa shape index (κ1) is 17.5. The molecule has 0 heterocycles. The van der Waals surface area contributed by atoms with E-state index in [1.807, 2.05) is 12.1 Å². The van der Waals surface area contributed by atoms with Crippen molar-refractivity contribution in [1.82, 2.24) is 10.2 Å². The number of amides is 2. The highest BCUT2D eigenvalue weighted by Gasteiger charge is 2.11. The largest absolute Gasteiger partial charge is 0.383 e. The lowest BCUT2D eigenvalue weighted by molar-refractivity contribution is -0.130. The maximum atomic E-state index is 11.6. The molecule has 1 aromatic carbocycles. The van der Waals surface area contributed by atoms with E-state index >= 15 is 0 Å². The van der Waals surface area contributed by atoms with Crippen LogP contribution in [0.15, 0.2) is 24.3 Å².